The van der Waals surface area contributed by atoms with Crippen molar-refractivity contribution in [2.75, 3.05) is 19.6 Å². The third-order valence-corrected chi connectivity index (χ3v) is 4.33. The highest BCUT2D eigenvalue weighted by atomic mass is 32.2. The van der Waals surface area contributed by atoms with Gasteiger partial charge in [0.05, 0.1) is 24.8 Å². The van der Waals surface area contributed by atoms with Gasteiger partial charge in [-0.2, -0.15) is 0 Å². The molecule has 1 fully saturated rings. The number of rotatable bonds is 5. The molecule has 0 aliphatic carbocycles. The van der Waals surface area contributed by atoms with E-state index in [-0.39, 0.29) is 5.91 Å². The number of benzene rings is 2. The summed E-state index contributed by atoms with van der Waals surface area (Å²) in [4.78, 5) is 12.7. The van der Waals surface area contributed by atoms with Gasteiger partial charge in [0.1, 0.15) is 0 Å². The molecule has 3 rings (SSSR count). The van der Waals surface area contributed by atoms with Crippen LogP contribution in [0.4, 0.5) is 5.69 Å². The van der Waals surface area contributed by atoms with Crippen molar-refractivity contribution >= 4 is 34.6 Å². The van der Waals surface area contributed by atoms with Crippen LogP contribution in [0.15, 0.2) is 58.5 Å². The number of methoxy groups -OCH3 is 2. The molecule has 0 atom stereocenters. The topological polar surface area (TPSA) is 72.0 Å². The number of ether oxygens (including phenoxy) is 2. The maximum Gasteiger partial charge on any atom is 0.264 e. The zero-order chi connectivity index (χ0) is 17.6. The van der Waals surface area contributed by atoms with Crippen molar-refractivity contribution in [2.24, 2.45) is 5.10 Å². The van der Waals surface area contributed by atoms with Gasteiger partial charge in [0.15, 0.2) is 16.7 Å². The molecule has 0 aromatic heterocycles. The Labute approximate surface area is 149 Å². The van der Waals surface area contributed by atoms with Crippen LogP contribution in [0.25, 0.3) is 6.08 Å². The first-order valence-electron chi connectivity index (χ1n) is 7.51. The van der Waals surface area contributed by atoms with E-state index in [0.717, 1.165) is 11.3 Å². The number of nitrogens with zero attached hydrogens (tertiary/aromatic N) is 1. The minimum Gasteiger partial charge on any atom is -0.493 e. The second-order valence-corrected chi connectivity index (χ2v) is 6.10. The fraction of sp³-hybridized carbons (Fsp3) is 0.111. The van der Waals surface area contributed by atoms with Gasteiger partial charge in [-0.15, -0.1) is 5.10 Å². The summed E-state index contributed by atoms with van der Waals surface area (Å²) in [5.41, 5.74) is 4.60. The lowest BCUT2D eigenvalue weighted by Crippen LogP contribution is -2.20. The Balaban J connectivity index is 1.75. The minimum atomic E-state index is -0.187. The molecular weight excluding hydrogens is 338 g/mol. The van der Waals surface area contributed by atoms with E-state index < -0.39 is 0 Å². The molecule has 2 N–H and O–H groups in total. The molecule has 0 radical (unpaired) electrons. The lowest BCUT2D eigenvalue weighted by molar-refractivity contribution is -0.115. The zero-order valence-corrected chi connectivity index (χ0v) is 14.6. The van der Waals surface area contributed by atoms with Gasteiger partial charge in [0.2, 0.25) is 0 Å². The van der Waals surface area contributed by atoms with E-state index in [1.807, 2.05) is 42.5 Å². The van der Waals surface area contributed by atoms with E-state index in [4.69, 9.17) is 9.47 Å². The fourth-order valence-corrected chi connectivity index (χ4v) is 2.98. The van der Waals surface area contributed by atoms with Crippen molar-refractivity contribution in [3.63, 3.8) is 0 Å². The number of nitrogens with one attached hydrogen (secondary N) is 2. The molecule has 2 aromatic rings. The Morgan fingerprint density at radius 2 is 1.84 bits per heavy atom. The molecule has 0 spiro atoms. The molecule has 1 amide bonds. The van der Waals surface area contributed by atoms with Crippen LogP contribution in [-0.4, -0.2) is 25.3 Å². The summed E-state index contributed by atoms with van der Waals surface area (Å²) < 4.78 is 10.5. The van der Waals surface area contributed by atoms with Gasteiger partial charge in [0, 0.05) is 0 Å². The molecular formula is C18H17N3O3S. The molecule has 1 saturated heterocycles. The molecule has 1 aliphatic rings. The molecule has 1 aliphatic heterocycles. The Morgan fingerprint density at radius 3 is 2.56 bits per heavy atom. The number of amidine groups is 1. The van der Waals surface area contributed by atoms with E-state index in [0.29, 0.717) is 21.6 Å². The third kappa shape index (κ3) is 4.13. The first-order valence-corrected chi connectivity index (χ1v) is 8.33. The fourth-order valence-electron chi connectivity index (χ4n) is 2.20. The predicted octanol–water partition coefficient (Wildman–Crippen LogP) is 3.29. The summed E-state index contributed by atoms with van der Waals surface area (Å²) in [5, 5.41) is 7.44. The number of thioether (sulfide) groups is 1. The van der Waals surface area contributed by atoms with Gasteiger partial charge < -0.3 is 9.47 Å². The predicted molar refractivity (Wildman–Crippen MR) is 101 cm³/mol. The molecule has 0 bridgehead atoms. The van der Waals surface area contributed by atoms with Crippen LogP contribution in [0, 0.1) is 0 Å². The number of carbonyl (C=O) groups is 1. The third-order valence-electron chi connectivity index (χ3n) is 3.42. The number of hydrazone groups is 1. The van der Waals surface area contributed by atoms with Gasteiger partial charge in [-0.25, -0.2) is 0 Å². The van der Waals surface area contributed by atoms with Crippen molar-refractivity contribution in [1.29, 1.82) is 0 Å². The summed E-state index contributed by atoms with van der Waals surface area (Å²) in [6.07, 6.45) is 1.78. The van der Waals surface area contributed by atoms with Crippen molar-refractivity contribution in [2.45, 2.75) is 0 Å². The number of carbonyl (C=O) groups excluding carboxylic acids is 1. The van der Waals surface area contributed by atoms with Crippen molar-refractivity contribution in [3.05, 3.63) is 59.0 Å². The number of anilines is 1. The lowest BCUT2D eigenvalue weighted by Gasteiger charge is -2.07. The normalized spacial score (nSPS) is 16.8. The van der Waals surface area contributed by atoms with Crippen LogP contribution >= 0.6 is 11.8 Å². The van der Waals surface area contributed by atoms with Crippen LogP contribution in [0.5, 0.6) is 11.5 Å². The Kier molecular flexibility index (Phi) is 5.25. The summed E-state index contributed by atoms with van der Waals surface area (Å²) in [5.74, 6) is 1.07. The van der Waals surface area contributed by atoms with Gasteiger partial charge in [-0.3, -0.25) is 15.5 Å². The first-order chi connectivity index (χ1) is 12.2. The standard InChI is InChI=1S/C18H17N3O3S/c1-23-14-9-8-12(10-15(14)24-2)11-16-17(22)19-18(25-16)21-20-13-6-4-3-5-7-13/h3-11,20H,1-2H3,(H,19,21,22)/b16-11+. The average molecular weight is 355 g/mol. The Bertz CT molecular complexity index is 835. The van der Waals surface area contributed by atoms with Crippen molar-refractivity contribution in [3.8, 4) is 11.5 Å². The second-order valence-electron chi connectivity index (χ2n) is 5.07. The monoisotopic (exact) mass is 355 g/mol. The smallest absolute Gasteiger partial charge is 0.264 e. The summed E-state index contributed by atoms with van der Waals surface area (Å²) in [6, 6.07) is 15.0. The molecule has 25 heavy (non-hydrogen) atoms. The van der Waals surface area contributed by atoms with Crippen molar-refractivity contribution < 1.29 is 14.3 Å². The number of para-hydroxylation sites is 1. The Hall–Kier alpha value is -2.93. The van der Waals surface area contributed by atoms with Gasteiger partial charge >= 0.3 is 0 Å². The van der Waals surface area contributed by atoms with Crippen LogP contribution in [-0.2, 0) is 4.79 Å². The first kappa shape index (κ1) is 16.9. The lowest BCUT2D eigenvalue weighted by atomic mass is 10.2. The van der Waals surface area contributed by atoms with E-state index in [1.165, 1.54) is 11.8 Å². The zero-order valence-electron chi connectivity index (χ0n) is 13.8. The number of amides is 1. The highest BCUT2D eigenvalue weighted by molar-refractivity contribution is 8.18. The molecule has 0 saturated carbocycles. The van der Waals surface area contributed by atoms with Gasteiger partial charge in [0.25, 0.3) is 5.91 Å². The SMILES string of the molecule is COc1ccc(/C=C2/S/C(=N/Nc3ccccc3)NC2=O)cc1OC. The molecule has 7 heteroatoms. The summed E-state index contributed by atoms with van der Waals surface area (Å²) >= 11 is 1.27. The van der Waals surface area contributed by atoms with E-state index in [2.05, 4.69) is 15.8 Å². The van der Waals surface area contributed by atoms with Crippen molar-refractivity contribution in [1.82, 2.24) is 5.32 Å². The average Bonchev–Trinajstić information content (AvgIpc) is 3.00. The van der Waals surface area contributed by atoms with E-state index >= 15 is 0 Å². The van der Waals surface area contributed by atoms with Crippen LogP contribution < -0.4 is 20.2 Å². The summed E-state index contributed by atoms with van der Waals surface area (Å²) in [7, 11) is 3.16. The van der Waals surface area contributed by atoms with Crippen LogP contribution in [0.3, 0.4) is 0 Å². The number of hydrogen-bond donors (Lipinski definition) is 2. The van der Waals surface area contributed by atoms with Crippen LogP contribution in [0.1, 0.15) is 5.56 Å². The molecule has 1 heterocycles. The number of hydrogen-bond acceptors (Lipinski definition) is 6. The van der Waals surface area contributed by atoms with Gasteiger partial charge in [-0.1, -0.05) is 24.3 Å². The van der Waals surface area contributed by atoms with E-state index in [9.17, 15) is 4.79 Å². The molecule has 6 nitrogen and oxygen atoms in total. The molecule has 128 valence electrons. The Morgan fingerprint density at radius 1 is 1.08 bits per heavy atom. The van der Waals surface area contributed by atoms with Gasteiger partial charge in [-0.05, 0) is 47.7 Å². The van der Waals surface area contributed by atoms with E-state index in [1.54, 1.807) is 26.4 Å². The quantitative estimate of drug-likeness (QED) is 0.636. The highest BCUT2D eigenvalue weighted by Crippen LogP contribution is 2.31. The molecule has 0 unspecified atom stereocenters. The maximum absolute atomic E-state index is 12.1. The molecule has 2 aromatic carbocycles. The largest absolute Gasteiger partial charge is 0.493 e. The minimum absolute atomic E-state index is 0.187. The maximum atomic E-state index is 12.1. The second kappa shape index (κ2) is 7.76. The van der Waals surface area contributed by atoms with Crippen LogP contribution in [0.2, 0.25) is 0 Å². The summed E-state index contributed by atoms with van der Waals surface area (Å²) in [6.45, 7) is 0. The highest BCUT2D eigenvalue weighted by Gasteiger charge is 2.24.